The molecule has 0 radical (unpaired) electrons. The first-order valence-corrected chi connectivity index (χ1v) is 13.9. The van der Waals surface area contributed by atoms with E-state index in [1.165, 1.54) is 16.3 Å². The fourth-order valence-electron chi connectivity index (χ4n) is 5.17. The number of anilines is 1. The number of aromatic nitrogens is 1. The largest absolute Gasteiger partial charge is 0.342 e. The van der Waals surface area contributed by atoms with Crippen molar-refractivity contribution >= 4 is 62.3 Å². The van der Waals surface area contributed by atoms with Crippen molar-refractivity contribution in [2.75, 3.05) is 11.9 Å². The lowest BCUT2D eigenvalue weighted by Gasteiger charge is -2.15. The van der Waals surface area contributed by atoms with Gasteiger partial charge in [0.2, 0.25) is 5.91 Å². The lowest BCUT2D eigenvalue weighted by Crippen LogP contribution is -2.36. The second kappa shape index (κ2) is 10.5. The number of carbonyl (C=O) groups is 3. The molecule has 0 bridgehead atoms. The molecule has 5 aromatic rings. The van der Waals surface area contributed by atoms with Gasteiger partial charge in [-0.05, 0) is 71.3 Å². The number of thioether (sulfide) groups is 1. The highest BCUT2D eigenvalue weighted by atomic mass is 32.2. The highest BCUT2D eigenvalue weighted by molar-refractivity contribution is 8.18. The van der Waals surface area contributed by atoms with E-state index in [1.807, 2.05) is 68.6 Å². The van der Waals surface area contributed by atoms with Crippen LogP contribution in [0.5, 0.6) is 0 Å². The van der Waals surface area contributed by atoms with Gasteiger partial charge in [-0.2, -0.15) is 0 Å². The summed E-state index contributed by atoms with van der Waals surface area (Å²) in [6, 6.07) is 28.5. The molecule has 4 aromatic carbocycles. The number of benzene rings is 4. The minimum Gasteiger partial charge on any atom is -0.342 e. The van der Waals surface area contributed by atoms with Gasteiger partial charge >= 0.3 is 0 Å². The molecular formula is C33H27N3O3S. The number of fused-ring (bicyclic) bond motifs is 2. The van der Waals surface area contributed by atoms with E-state index in [-0.39, 0.29) is 6.54 Å². The molecule has 1 aliphatic heterocycles. The summed E-state index contributed by atoms with van der Waals surface area (Å²) in [7, 11) is 0. The van der Waals surface area contributed by atoms with Crippen LogP contribution in [0.2, 0.25) is 0 Å². The maximum absolute atomic E-state index is 13.2. The summed E-state index contributed by atoms with van der Waals surface area (Å²) in [5.74, 6) is -0.869. The highest BCUT2D eigenvalue weighted by Gasteiger charge is 2.36. The Kier molecular flexibility index (Phi) is 6.74. The first kappa shape index (κ1) is 25.6. The van der Waals surface area contributed by atoms with Crippen molar-refractivity contribution in [3.63, 3.8) is 0 Å². The Labute approximate surface area is 236 Å². The second-order valence-corrected chi connectivity index (χ2v) is 11.0. The minimum atomic E-state index is -0.460. The van der Waals surface area contributed by atoms with Crippen molar-refractivity contribution in [2.45, 2.75) is 20.4 Å². The van der Waals surface area contributed by atoms with E-state index >= 15 is 0 Å². The van der Waals surface area contributed by atoms with Crippen LogP contribution in [-0.2, 0) is 16.1 Å². The van der Waals surface area contributed by atoms with Crippen molar-refractivity contribution in [3.8, 4) is 0 Å². The number of aryl methyl sites for hydroxylation is 2. The molecule has 40 heavy (non-hydrogen) atoms. The van der Waals surface area contributed by atoms with Crippen molar-refractivity contribution in [1.29, 1.82) is 0 Å². The van der Waals surface area contributed by atoms with Gasteiger partial charge in [0.1, 0.15) is 6.54 Å². The number of hydrogen-bond acceptors (Lipinski definition) is 4. The molecule has 6 nitrogen and oxygen atoms in total. The SMILES string of the molecule is Cc1cccc(C)c1NC(=O)CN1C(=O)S/C(=C\c2cn(Cc3ccc4ccccc4c3)c3ccccc23)C1=O. The molecule has 2 heterocycles. The number of imide groups is 1. The third-order valence-corrected chi connectivity index (χ3v) is 8.10. The van der Waals surface area contributed by atoms with Crippen LogP contribution in [0.4, 0.5) is 10.5 Å². The number of carbonyl (C=O) groups excluding carboxylic acids is 3. The van der Waals surface area contributed by atoms with Gasteiger partial charge in [-0.15, -0.1) is 0 Å². The number of rotatable bonds is 6. The molecule has 3 amide bonds. The number of nitrogens with zero attached hydrogens (tertiary/aromatic N) is 2. The normalized spacial score (nSPS) is 14.6. The summed E-state index contributed by atoms with van der Waals surface area (Å²) >= 11 is 0.864. The number of nitrogens with one attached hydrogen (secondary N) is 1. The first-order valence-electron chi connectivity index (χ1n) is 13.0. The van der Waals surface area contributed by atoms with Crippen LogP contribution in [0.15, 0.2) is 96.0 Å². The lowest BCUT2D eigenvalue weighted by molar-refractivity contribution is -0.127. The Morgan fingerprint density at radius 1 is 0.875 bits per heavy atom. The standard InChI is InChI=1S/C33H27N3O3S/c1-21-8-7-9-22(2)31(21)34-30(37)20-36-32(38)29(40-33(36)39)17-26-19-35(28-13-6-5-12-27(26)28)18-23-14-15-24-10-3-4-11-25(24)16-23/h3-17,19H,18,20H2,1-2H3,(H,34,37)/b29-17-. The quantitative estimate of drug-likeness (QED) is 0.230. The van der Waals surface area contributed by atoms with Gasteiger partial charge in [-0.25, -0.2) is 0 Å². The fourth-order valence-corrected chi connectivity index (χ4v) is 6.00. The molecule has 1 saturated heterocycles. The predicted molar refractivity (Wildman–Crippen MR) is 162 cm³/mol. The molecule has 198 valence electrons. The zero-order chi connectivity index (χ0) is 27.8. The van der Waals surface area contributed by atoms with Gasteiger partial charge in [0.05, 0.1) is 4.91 Å². The van der Waals surface area contributed by atoms with Crippen molar-refractivity contribution in [1.82, 2.24) is 9.47 Å². The summed E-state index contributed by atoms with van der Waals surface area (Å²) in [6.45, 7) is 4.14. The van der Waals surface area contributed by atoms with E-state index in [4.69, 9.17) is 0 Å². The zero-order valence-corrected chi connectivity index (χ0v) is 23.0. The molecule has 7 heteroatoms. The van der Waals surface area contributed by atoms with Crippen LogP contribution < -0.4 is 5.32 Å². The van der Waals surface area contributed by atoms with Gasteiger partial charge in [0.25, 0.3) is 11.1 Å². The Hall–Kier alpha value is -4.62. The molecular weight excluding hydrogens is 518 g/mol. The van der Waals surface area contributed by atoms with E-state index in [1.54, 1.807) is 6.08 Å². The highest BCUT2D eigenvalue weighted by Crippen LogP contribution is 2.34. The zero-order valence-electron chi connectivity index (χ0n) is 22.2. The van der Waals surface area contributed by atoms with Crippen LogP contribution in [0.1, 0.15) is 22.3 Å². The molecule has 0 atom stereocenters. The first-order chi connectivity index (χ1) is 19.4. The van der Waals surface area contributed by atoms with Gasteiger partial charge in [0, 0.05) is 34.9 Å². The van der Waals surface area contributed by atoms with Gasteiger partial charge < -0.3 is 9.88 Å². The van der Waals surface area contributed by atoms with E-state index in [2.05, 4.69) is 46.3 Å². The number of hydrogen-bond donors (Lipinski definition) is 1. The third kappa shape index (κ3) is 4.92. The topological polar surface area (TPSA) is 71.4 Å². The average molecular weight is 546 g/mol. The van der Waals surface area contributed by atoms with Gasteiger partial charge in [-0.1, -0.05) is 72.8 Å². The van der Waals surface area contributed by atoms with Crippen molar-refractivity contribution in [2.24, 2.45) is 0 Å². The third-order valence-electron chi connectivity index (χ3n) is 7.19. The van der Waals surface area contributed by atoms with E-state index in [9.17, 15) is 14.4 Å². The number of para-hydroxylation sites is 2. The van der Waals surface area contributed by atoms with Crippen molar-refractivity contribution in [3.05, 3.63) is 118 Å². The summed E-state index contributed by atoms with van der Waals surface area (Å²) in [5.41, 5.74) is 5.59. The van der Waals surface area contributed by atoms with E-state index in [0.717, 1.165) is 44.3 Å². The maximum atomic E-state index is 13.2. The van der Waals surface area contributed by atoms with Crippen molar-refractivity contribution < 1.29 is 14.4 Å². The number of amides is 3. The van der Waals surface area contributed by atoms with Gasteiger partial charge in [-0.3, -0.25) is 19.3 Å². The molecule has 1 N–H and O–H groups in total. The van der Waals surface area contributed by atoms with Crippen LogP contribution >= 0.6 is 11.8 Å². The fraction of sp³-hybridized carbons (Fsp3) is 0.121. The molecule has 1 fully saturated rings. The maximum Gasteiger partial charge on any atom is 0.294 e. The summed E-state index contributed by atoms with van der Waals surface area (Å²) < 4.78 is 2.16. The molecule has 0 unspecified atom stereocenters. The van der Waals surface area contributed by atoms with Crippen LogP contribution in [0, 0.1) is 13.8 Å². The van der Waals surface area contributed by atoms with Crippen LogP contribution in [0.3, 0.4) is 0 Å². The molecule has 0 saturated carbocycles. The van der Waals surface area contributed by atoms with Crippen LogP contribution in [-0.4, -0.2) is 33.1 Å². The Balaban J connectivity index is 1.25. The lowest BCUT2D eigenvalue weighted by atomic mass is 10.1. The predicted octanol–water partition coefficient (Wildman–Crippen LogP) is 7.13. The minimum absolute atomic E-state index is 0.304. The Morgan fingerprint density at radius 2 is 1.60 bits per heavy atom. The monoisotopic (exact) mass is 545 g/mol. The molecule has 1 aliphatic rings. The summed E-state index contributed by atoms with van der Waals surface area (Å²) in [6.07, 6.45) is 3.77. The Morgan fingerprint density at radius 3 is 2.40 bits per heavy atom. The second-order valence-electron chi connectivity index (χ2n) is 9.99. The molecule has 6 rings (SSSR count). The molecule has 1 aromatic heterocycles. The van der Waals surface area contributed by atoms with E-state index < -0.39 is 17.1 Å². The Bertz CT molecular complexity index is 1830. The summed E-state index contributed by atoms with van der Waals surface area (Å²) in [4.78, 5) is 40.1. The van der Waals surface area contributed by atoms with E-state index in [0.29, 0.717) is 17.1 Å². The molecule has 0 aliphatic carbocycles. The molecule has 0 spiro atoms. The van der Waals surface area contributed by atoms with Crippen LogP contribution in [0.25, 0.3) is 27.8 Å². The summed E-state index contributed by atoms with van der Waals surface area (Å²) in [5, 5.41) is 5.78. The van der Waals surface area contributed by atoms with Gasteiger partial charge in [0.15, 0.2) is 0 Å². The average Bonchev–Trinajstić information content (AvgIpc) is 3.42. The smallest absolute Gasteiger partial charge is 0.294 e.